The van der Waals surface area contributed by atoms with Gasteiger partial charge in [-0.3, -0.25) is 4.68 Å². The molecule has 4 heteroatoms. The maximum absolute atomic E-state index is 11.0. The summed E-state index contributed by atoms with van der Waals surface area (Å²) in [7, 11) is 0. The number of aliphatic hydroxyl groups is 1. The molecule has 0 amide bonds. The predicted molar refractivity (Wildman–Crippen MR) is 83.2 cm³/mol. The van der Waals surface area contributed by atoms with Gasteiger partial charge in [-0.2, -0.15) is 5.10 Å². The molecule has 1 saturated carbocycles. The molecule has 1 heterocycles. The van der Waals surface area contributed by atoms with Crippen LogP contribution in [0.1, 0.15) is 64.3 Å². The molecule has 0 aliphatic heterocycles. The SMILES string of the molecule is CCc1nn(CC)c(CC2(O)CCCC(CC)C2)c1Cl. The standard InChI is InChI=1S/C16H27ClN2O/c1-4-12-8-7-9-16(20,10-12)11-14-15(17)13(5-2)18-19(14)6-3/h12,20H,4-11H2,1-3H3. The van der Waals surface area contributed by atoms with Crippen molar-refractivity contribution in [3.63, 3.8) is 0 Å². The number of hydrogen-bond donors (Lipinski definition) is 1. The van der Waals surface area contributed by atoms with Gasteiger partial charge in [0.25, 0.3) is 0 Å². The van der Waals surface area contributed by atoms with E-state index >= 15 is 0 Å². The van der Waals surface area contributed by atoms with Crippen molar-refractivity contribution in [2.24, 2.45) is 5.92 Å². The summed E-state index contributed by atoms with van der Waals surface area (Å²) in [5.74, 6) is 0.649. The van der Waals surface area contributed by atoms with Gasteiger partial charge in [0.2, 0.25) is 0 Å². The van der Waals surface area contributed by atoms with Crippen molar-refractivity contribution in [3.05, 3.63) is 16.4 Å². The van der Waals surface area contributed by atoms with E-state index in [1.54, 1.807) is 0 Å². The van der Waals surface area contributed by atoms with Crippen LogP contribution in [0.15, 0.2) is 0 Å². The number of aryl methyl sites for hydroxylation is 2. The van der Waals surface area contributed by atoms with E-state index in [0.717, 1.165) is 55.1 Å². The smallest absolute Gasteiger partial charge is 0.0850 e. The molecule has 114 valence electrons. The predicted octanol–water partition coefficient (Wildman–Crippen LogP) is 3.99. The quantitative estimate of drug-likeness (QED) is 0.892. The molecule has 0 spiro atoms. The van der Waals surface area contributed by atoms with E-state index in [9.17, 15) is 5.11 Å². The second-order valence-corrected chi connectivity index (χ2v) is 6.53. The molecule has 1 aromatic rings. The van der Waals surface area contributed by atoms with Crippen molar-refractivity contribution in [2.45, 2.75) is 77.9 Å². The van der Waals surface area contributed by atoms with Crippen LogP contribution in [0.2, 0.25) is 5.02 Å². The van der Waals surface area contributed by atoms with Gasteiger partial charge in [-0.25, -0.2) is 0 Å². The average molecular weight is 299 g/mol. The van der Waals surface area contributed by atoms with Gasteiger partial charge in [0.1, 0.15) is 0 Å². The zero-order chi connectivity index (χ0) is 14.8. The van der Waals surface area contributed by atoms with Crippen LogP contribution < -0.4 is 0 Å². The van der Waals surface area contributed by atoms with Crippen LogP contribution in [0.4, 0.5) is 0 Å². The van der Waals surface area contributed by atoms with Crippen LogP contribution in [0.5, 0.6) is 0 Å². The largest absolute Gasteiger partial charge is 0.389 e. The first-order chi connectivity index (χ1) is 9.53. The van der Waals surface area contributed by atoms with E-state index in [0.29, 0.717) is 12.3 Å². The van der Waals surface area contributed by atoms with Crippen molar-refractivity contribution < 1.29 is 5.11 Å². The lowest BCUT2D eigenvalue weighted by Crippen LogP contribution is -2.38. The lowest BCUT2D eigenvalue weighted by Gasteiger charge is -2.36. The minimum Gasteiger partial charge on any atom is -0.389 e. The van der Waals surface area contributed by atoms with E-state index in [4.69, 9.17) is 11.6 Å². The van der Waals surface area contributed by atoms with Crippen molar-refractivity contribution >= 4 is 11.6 Å². The molecule has 2 rings (SSSR count). The normalized spacial score (nSPS) is 26.9. The van der Waals surface area contributed by atoms with Gasteiger partial charge in [-0.15, -0.1) is 0 Å². The van der Waals surface area contributed by atoms with Crippen LogP contribution in [-0.4, -0.2) is 20.5 Å². The van der Waals surface area contributed by atoms with Crippen LogP contribution >= 0.6 is 11.6 Å². The summed E-state index contributed by atoms with van der Waals surface area (Å²) in [6.45, 7) is 7.17. The highest BCUT2D eigenvalue weighted by atomic mass is 35.5. The van der Waals surface area contributed by atoms with E-state index < -0.39 is 5.60 Å². The summed E-state index contributed by atoms with van der Waals surface area (Å²) in [6, 6.07) is 0. The molecule has 1 aliphatic rings. The Kier molecular flexibility index (Phi) is 5.14. The molecule has 1 aliphatic carbocycles. The molecule has 3 nitrogen and oxygen atoms in total. The van der Waals surface area contributed by atoms with Crippen molar-refractivity contribution in [1.82, 2.24) is 9.78 Å². The Morgan fingerprint density at radius 2 is 2.15 bits per heavy atom. The minimum absolute atomic E-state index is 0.597. The van der Waals surface area contributed by atoms with Crippen molar-refractivity contribution in [2.75, 3.05) is 0 Å². The first kappa shape index (κ1) is 15.8. The third kappa shape index (κ3) is 3.20. The van der Waals surface area contributed by atoms with Gasteiger partial charge >= 0.3 is 0 Å². The lowest BCUT2D eigenvalue weighted by atomic mass is 9.75. The Morgan fingerprint density at radius 3 is 2.75 bits per heavy atom. The maximum atomic E-state index is 11.0. The third-order valence-corrected chi connectivity index (χ3v) is 5.13. The molecule has 1 N–H and O–H groups in total. The highest BCUT2D eigenvalue weighted by Crippen LogP contribution is 2.38. The van der Waals surface area contributed by atoms with Gasteiger partial charge < -0.3 is 5.11 Å². The summed E-state index contributed by atoms with van der Waals surface area (Å²) in [6.07, 6.45) is 6.79. The fourth-order valence-electron chi connectivity index (χ4n) is 3.47. The molecule has 0 saturated heterocycles. The maximum Gasteiger partial charge on any atom is 0.0850 e. The van der Waals surface area contributed by atoms with Crippen molar-refractivity contribution in [3.8, 4) is 0 Å². The molecule has 2 unspecified atom stereocenters. The van der Waals surface area contributed by atoms with E-state index in [-0.39, 0.29) is 0 Å². The first-order valence-corrected chi connectivity index (χ1v) is 8.37. The van der Waals surface area contributed by atoms with Gasteiger partial charge in [-0.05, 0) is 32.1 Å². The Labute approximate surface area is 127 Å². The fourth-order valence-corrected chi connectivity index (χ4v) is 3.80. The topological polar surface area (TPSA) is 38.0 Å². The number of aromatic nitrogens is 2. The van der Waals surface area contributed by atoms with Gasteiger partial charge in [-0.1, -0.05) is 44.7 Å². The minimum atomic E-state index is -0.597. The summed E-state index contributed by atoms with van der Waals surface area (Å²) in [4.78, 5) is 0. The molecule has 0 aromatic carbocycles. The number of rotatable bonds is 5. The molecular formula is C16H27ClN2O. The molecule has 0 radical (unpaired) electrons. The van der Waals surface area contributed by atoms with Crippen LogP contribution in [0, 0.1) is 5.92 Å². The third-order valence-electron chi connectivity index (χ3n) is 4.69. The number of hydrogen-bond acceptors (Lipinski definition) is 2. The second kappa shape index (κ2) is 6.48. The summed E-state index contributed by atoms with van der Waals surface area (Å²) in [5, 5.41) is 16.3. The Bertz CT molecular complexity index is 458. The monoisotopic (exact) mass is 298 g/mol. The molecule has 2 atom stereocenters. The molecule has 20 heavy (non-hydrogen) atoms. The van der Waals surface area contributed by atoms with Gasteiger partial charge in [0, 0.05) is 13.0 Å². The molecule has 1 fully saturated rings. The average Bonchev–Trinajstić information content (AvgIpc) is 2.74. The first-order valence-electron chi connectivity index (χ1n) is 7.99. The van der Waals surface area contributed by atoms with Crippen LogP contribution in [0.25, 0.3) is 0 Å². The highest BCUT2D eigenvalue weighted by Gasteiger charge is 2.35. The second-order valence-electron chi connectivity index (χ2n) is 6.15. The zero-order valence-electron chi connectivity index (χ0n) is 13.0. The number of halogens is 1. The summed E-state index contributed by atoms with van der Waals surface area (Å²) in [5.41, 5.74) is 1.38. The number of nitrogens with zero attached hydrogens (tertiary/aromatic N) is 2. The molecular weight excluding hydrogens is 272 g/mol. The molecule has 0 bridgehead atoms. The van der Waals surface area contributed by atoms with E-state index in [1.807, 2.05) is 4.68 Å². The zero-order valence-corrected chi connectivity index (χ0v) is 13.7. The van der Waals surface area contributed by atoms with Crippen LogP contribution in [-0.2, 0) is 19.4 Å². The Morgan fingerprint density at radius 1 is 1.40 bits per heavy atom. The highest BCUT2D eigenvalue weighted by molar-refractivity contribution is 6.31. The van der Waals surface area contributed by atoms with Crippen molar-refractivity contribution in [1.29, 1.82) is 0 Å². The Hall–Kier alpha value is -0.540. The van der Waals surface area contributed by atoms with Gasteiger partial charge in [0.05, 0.1) is 22.0 Å². The van der Waals surface area contributed by atoms with Crippen LogP contribution in [0.3, 0.4) is 0 Å². The summed E-state index contributed by atoms with van der Waals surface area (Å²) >= 11 is 6.47. The fraction of sp³-hybridized carbons (Fsp3) is 0.812. The summed E-state index contributed by atoms with van der Waals surface area (Å²) < 4.78 is 1.97. The van der Waals surface area contributed by atoms with Gasteiger partial charge in [0.15, 0.2) is 0 Å². The Balaban J connectivity index is 2.22. The molecule has 1 aromatic heterocycles. The van der Waals surface area contributed by atoms with E-state index in [1.165, 1.54) is 6.42 Å². The lowest BCUT2D eigenvalue weighted by molar-refractivity contribution is -0.0176. The van der Waals surface area contributed by atoms with E-state index in [2.05, 4.69) is 25.9 Å².